The van der Waals surface area contributed by atoms with E-state index in [0.717, 1.165) is 0 Å². The smallest absolute Gasteiger partial charge is 0.0184 e. The van der Waals surface area contributed by atoms with Gasteiger partial charge in [-0.3, -0.25) is 0 Å². The molecular formula is C16H16. The second kappa shape index (κ2) is 4.80. The fourth-order valence-electron chi connectivity index (χ4n) is 1.72. The molecule has 16 heavy (non-hydrogen) atoms. The summed E-state index contributed by atoms with van der Waals surface area (Å²) in [6.45, 7) is 4.21. The molecule has 2 aromatic rings. The SMILES string of the molecule is C/C=C(\C)c1ccc(-c2ccccc2)cc1. The molecule has 2 aromatic carbocycles. The molecule has 0 aromatic heterocycles. The predicted molar refractivity (Wildman–Crippen MR) is 71.2 cm³/mol. The van der Waals surface area contributed by atoms with Gasteiger partial charge in [-0.2, -0.15) is 0 Å². The van der Waals surface area contributed by atoms with Gasteiger partial charge >= 0.3 is 0 Å². The summed E-state index contributed by atoms with van der Waals surface area (Å²) in [4.78, 5) is 0. The van der Waals surface area contributed by atoms with Gasteiger partial charge in [-0.1, -0.05) is 60.7 Å². The van der Waals surface area contributed by atoms with Crippen LogP contribution in [0.5, 0.6) is 0 Å². The molecule has 0 heterocycles. The molecule has 0 nitrogen and oxygen atoms in total. The monoisotopic (exact) mass is 208 g/mol. The average molecular weight is 208 g/mol. The number of hydrogen-bond donors (Lipinski definition) is 0. The van der Waals surface area contributed by atoms with Crippen molar-refractivity contribution in [3.8, 4) is 11.1 Å². The Labute approximate surface area is 97.3 Å². The van der Waals surface area contributed by atoms with Gasteiger partial charge in [-0.15, -0.1) is 0 Å². The van der Waals surface area contributed by atoms with Gasteiger partial charge in [0, 0.05) is 0 Å². The Hall–Kier alpha value is -1.82. The van der Waals surface area contributed by atoms with Gasteiger partial charge in [0.1, 0.15) is 0 Å². The van der Waals surface area contributed by atoms with Crippen molar-refractivity contribution in [1.82, 2.24) is 0 Å². The lowest BCUT2D eigenvalue weighted by Crippen LogP contribution is -1.80. The van der Waals surface area contributed by atoms with E-state index in [-0.39, 0.29) is 0 Å². The minimum absolute atomic E-state index is 1.27. The van der Waals surface area contributed by atoms with E-state index in [0.29, 0.717) is 0 Å². The number of allylic oxidation sites excluding steroid dienone is 2. The summed E-state index contributed by atoms with van der Waals surface area (Å²) in [6.07, 6.45) is 2.14. The Morgan fingerprint density at radius 1 is 0.812 bits per heavy atom. The molecule has 0 bridgehead atoms. The van der Waals surface area contributed by atoms with Crippen molar-refractivity contribution in [1.29, 1.82) is 0 Å². The third kappa shape index (κ3) is 2.22. The maximum atomic E-state index is 2.18. The van der Waals surface area contributed by atoms with Crippen molar-refractivity contribution >= 4 is 5.57 Å². The minimum Gasteiger partial charge on any atom is -0.0841 e. The van der Waals surface area contributed by atoms with Gasteiger partial charge in [0.25, 0.3) is 0 Å². The summed E-state index contributed by atoms with van der Waals surface area (Å²) in [5.74, 6) is 0. The van der Waals surface area contributed by atoms with Crippen molar-refractivity contribution in [2.45, 2.75) is 13.8 Å². The van der Waals surface area contributed by atoms with Gasteiger partial charge < -0.3 is 0 Å². The van der Waals surface area contributed by atoms with E-state index >= 15 is 0 Å². The molecule has 0 spiro atoms. The lowest BCUT2D eigenvalue weighted by Gasteiger charge is -2.04. The molecule has 0 aliphatic heterocycles. The fourth-order valence-corrected chi connectivity index (χ4v) is 1.72. The van der Waals surface area contributed by atoms with Gasteiger partial charge in [-0.05, 0) is 36.1 Å². The molecule has 0 saturated carbocycles. The maximum Gasteiger partial charge on any atom is -0.0184 e. The fraction of sp³-hybridized carbons (Fsp3) is 0.125. The number of hydrogen-bond acceptors (Lipinski definition) is 0. The predicted octanol–water partition coefficient (Wildman–Crippen LogP) is 4.78. The van der Waals surface area contributed by atoms with E-state index in [1.54, 1.807) is 0 Å². The standard InChI is InChI=1S/C16H16/c1-3-13(2)14-9-11-16(12-10-14)15-7-5-4-6-8-15/h3-12H,1-2H3/b13-3+. The molecule has 0 amide bonds. The zero-order chi connectivity index (χ0) is 11.4. The highest BCUT2D eigenvalue weighted by Gasteiger charge is 1.97. The van der Waals surface area contributed by atoms with E-state index in [9.17, 15) is 0 Å². The third-order valence-corrected chi connectivity index (χ3v) is 2.88. The highest BCUT2D eigenvalue weighted by Crippen LogP contribution is 2.21. The number of benzene rings is 2. The summed E-state index contributed by atoms with van der Waals surface area (Å²) in [6, 6.07) is 19.2. The molecule has 0 atom stereocenters. The Balaban J connectivity index is 2.34. The van der Waals surface area contributed by atoms with Crippen LogP contribution in [0.25, 0.3) is 16.7 Å². The van der Waals surface area contributed by atoms with Gasteiger partial charge in [0.15, 0.2) is 0 Å². The third-order valence-electron chi connectivity index (χ3n) is 2.88. The van der Waals surface area contributed by atoms with Gasteiger partial charge in [-0.25, -0.2) is 0 Å². The lowest BCUT2D eigenvalue weighted by atomic mass is 10.0. The Morgan fingerprint density at radius 3 is 1.94 bits per heavy atom. The van der Waals surface area contributed by atoms with Crippen molar-refractivity contribution < 1.29 is 0 Å². The molecule has 0 aliphatic carbocycles. The van der Waals surface area contributed by atoms with Crippen LogP contribution in [-0.2, 0) is 0 Å². The molecule has 80 valence electrons. The first kappa shape index (κ1) is 10.7. The molecule has 0 fully saturated rings. The van der Waals surface area contributed by atoms with Crippen molar-refractivity contribution in [2.24, 2.45) is 0 Å². The number of rotatable bonds is 2. The highest BCUT2D eigenvalue weighted by molar-refractivity contribution is 5.69. The molecular weight excluding hydrogens is 192 g/mol. The average Bonchev–Trinajstić information content (AvgIpc) is 2.39. The van der Waals surface area contributed by atoms with Crippen molar-refractivity contribution in [2.75, 3.05) is 0 Å². The quantitative estimate of drug-likeness (QED) is 0.666. The van der Waals surface area contributed by atoms with Gasteiger partial charge in [0.05, 0.1) is 0 Å². The van der Waals surface area contributed by atoms with Crippen LogP contribution >= 0.6 is 0 Å². The first-order valence-corrected chi connectivity index (χ1v) is 5.60. The van der Waals surface area contributed by atoms with Gasteiger partial charge in [0.2, 0.25) is 0 Å². The molecule has 2 rings (SSSR count). The van der Waals surface area contributed by atoms with Crippen molar-refractivity contribution in [3.05, 3.63) is 66.2 Å². The van der Waals surface area contributed by atoms with E-state index in [1.165, 1.54) is 22.3 Å². The van der Waals surface area contributed by atoms with Crippen molar-refractivity contribution in [3.63, 3.8) is 0 Å². The van der Waals surface area contributed by atoms with Crippen LogP contribution in [0, 0.1) is 0 Å². The van der Waals surface area contributed by atoms with E-state index in [2.05, 4.69) is 68.5 Å². The highest BCUT2D eigenvalue weighted by atomic mass is 14.0. The molecule has 0 heteroatoms. The summed E-state index contributed by atoms with van der Waals surface area (Å²) < 4.78 is 0. The largest absolute Gasteiger partial charge is 0.0841 e. The molecule has 0 aliphatic rings. The van der Waals surface area contributed by atoms with Crippen LogP contribution in [0.15, 0.2) is 60.7 Å². The molecule has 0 unspecified atom stereocenters. The topological polar surface area (TPSA) is 0 Å². The van der Waals surface area contributed by atoms with Crippen LogP contribution < -0.4 is 0 Å². The second-order valence-electron chi connectivity index (χ2n) is 3.92. The van der Waals surface area contributed by atoms with E-state index in [1.807, 2.05) is 6.07 Å². The normalized spacial score (nSPS) is 11.5. The summed E-state index contributed by atoms with van der Waals surface area (Å²) >= 11 is 0. The summed E-state index contributed by atoms with van der Waals surface area (Å²) in [5, 5.41) is 0. The Bertz CT molecular complexity index is 475. The molecule has 0 radical (unpaired) electrons. The van der Waals surface area contributed by atoms with Crippen LogP contribution in [0.2, 0.25) is 0 Å². The Morgan fingerprint density at radius 2 is 1.38 bits per heavy atom. The lowest BCUT2D eigenvalue weighted by molar-refractivity contribution is 1.53. The van der Waals surface area contributed by atoms with Crippen LogP contribution in [0.4, 0.5) is 0 Å². The minimum atomic E-state index is 1.27. The zero-order valence-corrected chi connectivity index (χ0v) is 9.77. The first-order chi connectivity index (χ1) is 7.81. The summed E-state index contributed by atoms with van der Waals surface area (Å²) in [5.41, 5.74) is 5.15. The van der Waals surface area contributed by atoms with Crippen LogP contribution in [0.3, 0.4) is 0 Å². The van der Waals surface area contributed by atoms with E-state index < -0.39 is 0 Å². The van der Waals surface area contributed by atoms with Crippen LogP contribution in [-0.4, -0.2) is 0 Å². The maximum absolute atomic E-state index is 2.18. The molecule has 0 saturated heterocycles. The molecule has 0 N–H and O–H groups in total. The van der Waals surface area contributed by atoms with E-state index in [4.69, 9.17) is 0 Å². The Kier molecular flexibility index (Phi) is 3.21. The summed E-state index contributed by atoms with van der Waals surface area (Å²) in [7, 11) is 0. The van der Waals surface area contributed by atoms with Crippen LogP contribution in [0.1, 0.15) is 19.4 Å². The second-order valence-corrected chi connectivity index (χ2v) is 3.92. The first-order valence-electron chi connectivity index (χ1n) is 5.60. The zero-order valence-electron chi connectivity index (χ0n) is 9.77.